The molecule has 1 aliphatic heterocycles. The van der Waals surface area contributed by atoms with Gasteiger partial charge in [0.05, 0.1) is 19.4 Å². The van der Waals surface area contributed by atoms with Gasteiger partial charge in [-0.25, -0.2) is 10.0 Å². The summed E-state index contributed by atoms with van der Waals surface area (Å²) in [5.74, 6) is 6.20. The number of hydrogen-bond acceptors (Lipinski definition) is 6. The molecule has 0 aliphatic carbocycles. The van der Waals surface area contributed by atoms with Crippen LogP contribution in [-0.4, -0.2) is 62.2 Å². The Morgan fingerprint density at radius 1 is 1.20 bits per heavy atom. The predicted molar refractivity (Wildman–Crippen MR) is 101 cm³/mol. The molecule has 2 N–H and O–H groups in total. The van der Waals surface area contributed by atoms with E-state index in [1.807, 2.05) is 24.3 Å². The Morgan fingerprint density at radius 2 is 1.96 bits per heavy atom. The topological polar surface area (TPSA) is 63.3 Å². The molecule has 1 heterocycles. The van der Waals surface area contributed by atoms with Gasteiger partial charge in [-0.3, -0.25) is 0 Å². The van der Waals surface area contributed by atoms with Crippen LogP contribution in [0.25, 0.3) is 10.8 Å². The van der Waals surface area contributed by atoms with Gasteiger partial charge in [0.1, 0.15) is 12.4 Å². The van der Waals surface area contributed by atoms with Crippen molar-refractivity contribution in [2.75, 3.05) is 46.0 Å². The number of hydrogen-bond donors (Lipinski definition) is 1. The van der Waals surface area contributed by atoms with E-state index in [1.165, 1.54) is 0 Å². The lowest BCUT2D eigenvalue weighted by molar-refractivity contribution is -0.0910. The highest BCUT2D eigenvalue weighted by molar-refractivity contribution is 6.02. The number of morpholine rings is 1. The minimum absolute atomic E-state index is 0.638. The lowest BCUT2D eigenvalue weighted by Gasteiger charge is -2.36. The van der Waals surface area contributed by atoms with Gasteiger partial charge in [0.2, 0.25) is 0 Å². The molecular formula is C19H26N4O2. The van der Waals surface area contributed by atoms with Crippen molar-refractivity contribution in [2.45, 2.75) is 6.92 Å². The zero-order valence-corrected chi connectivity index (χ0v) is 14.7. The first-order valence-electron chi connectivity index (χ1n) is 8.79. The van der Waals surface area contributed by atoms with Crippen LogP contribution in [0.15, 0.2) is 41.5 Å². The summed E-state index contributed by atoms with van der Waals surface area (Å²) >= 11 is 0. The number of nitrogens with zero attached hydrogens (tertiary/aromatic N) is 3. The number of fused-ring (bicyclic) bond motifs is 1. The number of likely N-dealkylation sites (N-methyl/N-ethyl adjacent to an activating group) is 1. The van der Waals surface area contributed by atoms with Crippen molar-refractivity contribution in [3.05, 3.63) is 42.0 Å². The maximum atomic E-state index is 6.10. The second kappa shape index (κ2) is 8.80. The maximum Gasteiger partial charge on any atom is 0.127 e. The summed E-state index contributed by atoms with van der Waals surface area (Å²) < 4.78 is 11.5. The molecule has 0 bridgehead atoms. The molecule has 1 fully saturated rings. The van der Waals surface area contributed by atoms with E-state index < -0.39 is 0 Å². The van der Waals surface area contributed by atoms with E-state index in [0.717, 1.165) is 61.5 Å². The van der Waals surface area contributed by atoms with Crippen molar-refractivity contribution in [1.29, 1.82) is 0 Å². The summed E-state index contributed by atoms with van der Waals surface area (Å²) in [4.78, 5) is 0. The number of hydrazine groups is 1. The minimum Gasteiger partial charge on any atom is -0.492 e. The molecule has 1 saturated heterocycles. The first-order valence-corrected chi connectivity index (χ1v) is 8.79. The second-order valence-electron chi connectivity index (χ2n) is 5.94. The van der Waals surface area contributed by atoms with E-state index in [-0.39, 0.29) is 0 Å². The molecule has 134 valence electrons. The molecule has 0 saturated carbocycles. The van der Waals surface area contributed by atoms with Gasteiger partial charge >= 0.3 is 0 Å². The Morgan fingerprint density at radius 3 is 2.68 bits per heavy atom. The molecule has 0 spiro atoms. The summed E-state index contributed by atoms with van der Waals surface area (Å²) in [6.07, 6.45) is 1.67. The third kappa shape index (κ3) is 4.28. The molecule has 0 amide bonds. The van der Waals surface area contributed by atoms with Crippen LogP contribution >= 0.6 is 0 Å². The Bertz CT molecular complexity index is 714. The van der Waals surface area contributed by atoms with Crippen molar-refractivity contribution in [3.63, 3.8) is 0 Å². The van der Waals surface area contributed by atoms with Crippen LogP contribution in [0.1, 0.15) is 12.5 Å². The van der Waals surface area contributed by atoms with Gasteiger partial charge in [-0.2, -0.15) is 5.10 Å². The lowest BCUT2D eigenvalue weighted by atomic mass is 10.0. The molecule has 6 heteroatoms. The molecular weight excluding hydrogens is 316 g/mol. The molecule has 2 aromatic carbocycles. The second-order valence-corrected chi connectivity index (χ2v) is 5.94. The summed E-state index contributed by atoms with van der Waals surface area (Å²) in [7, 11) is 0. The predicted octanol–water partition coefficient (Wildman–Crippen LogP) is 2.08. The number of nitrogens with two attached hydrogens (primary N) is 1. The standard InChI is InChI=1S/C19H26N4O2/c1-2-22(23-9-12-24-13-10-23)11-14-25-19-8-7-16(15-21-20)17-5-3-4-6-18(17)19/h3-8,15H,2,9-14,20H2,1H3. The number of rotatable bonds is 7. The van der Waals surface area contributed by atoms with E-state index >= 15 is 0 Å². The zero-order chi connectivity index (χ0) is 17.5. The molecule has 3 rings (SSSR count). The average Bonchev–Trinajstić information content (AvgIpc) is 2.67. The van der Waals surface area contributed by atoms with Crippen LogP contribution < -0.4 is 10.6 Å². The van der Waals surface area contributed by atoms with E-state index in [4.69, 9.17) is 15.3 Å². The van der Waals surface area contributed by atoms with Gasteiger partial charge in [0.25, 0.3) is 0 Å². The fraction of sp³-hybridized carbons (Fsp3) is 0.421. The highest BCUT2D eigenvalue weighted by Gasteiger charge is 2.17. The van der Waals surface area contributed by atoms with Crippen LogP contribution in [0.5, 0.6) is 5.75 Å². The van der Waals surface area contributed by atoms with Crippen LogP contribution in [-0.2, 0) is 4.74 Å². The summed E-state index contributed by atoms with van der Waals surface area (Å²) in [5.41, 5.74) is 0.994. The monoisotopic (exact) mass is 342 g/mol. The quantitative estimate of drug-likeness (QED) is 0.474. The van der Waals surface area contributed by atoms with Crippen molar-refractivity contribution in [1.82, 2.24) is 10.0 Å². The van der Waals surface area contributed by atoms with Crippen molar-refractivity contribution in [2.24, 2.45) is 10.9 Å². The first-order chi connectivity index (χ1) is 12.3. The SMILES string of the molecule is CCN(CCOc1ccc(C=NN)c2ccccc12)N1CCOCC1. The average molecular weight is 342 g/mol. The molecule has 2 aromatic rings. The Hall–Kier alpha value is -2.15. The van der Waals surface area contributed by atoms with Gasteiger partial charge in [0, 0.05) is 37.1 Å². The van der Waals surface area contributed by atoms with E-state index in [9.17, 15) is 0 Å². The van der Waals surface area contributed by atoms with Crippen LogP contribution in [0, 0.1) is 0 Å². The van der Waals surface area contributed by atoms with Gasteiger partial charge in [0.15, 0.2) is 0 Å². The van der Waals surface area contributed by atoms with Crippen LogP contribution in [0.2, 0.25) is 0 Å². The van der Waals surface area contributed by atoms with Gasteiger partial charge < -0.3 is 15.3 Å². The summed E-state index contributed by atoms with van der Waals surface area (Å²) in [6.45, 7) is 8.13. The lowest BCUT2D eigenvalue weighted by Crippen LogP contribution is -2.49. The van der Waals surface area contributed by atoms with Crippen LogP contribution in [0.3, 0.4) is 0 Å². The summed E-state index contributed by atoms with van der Waals surface area (Å²) in [5, 5.41) is 10.5. The number of hydrazone groups is 1. The fourth-order valence-electron chi connectivity index (χ4n) is 3.21. The molecule has 0 atom stereocenters. The van der Waals surface area contributed by atoms with Gasteiger partial charge in [-0.15, -0.1) is 0 Å². The third-order valence-electron chi connectivity index (χ3n) is 4.49. The normalized spacial score (nSPS) is 16.1. The minimum atomic E-state index is 0.638. The molecule has 0 aromatic heterocycles. The van der Waals surface area contributed by atoms with Gasteiger partial charge in [-0.05, 0) is 17.5 Å². The van der Waals surface area contributed by atoms with Crippen LogP contribution in [0.4, 0.5) is 0 Å². The molecule has 25 heavy (non-hydrogen) atoms. The molecule has 1 aliphatic rings. The largest absolute Gasteiger partial charge is 0.492 e. The molecule has 0 unspecified atom stereocenters. The fourth-order valence-corrected chi connectivity index (χ4v) is 3.21. The van der Waals surface area contributed by atoms with Gasteiger partial charge in [-0.1, -0.05) is 31.2 Å². The Balaban J connectivity index is 1.67. The third-order valence-corrected chi connectivity index (χ3v) is 4.49. The van der Waals surface area contributed by atoms with E-state index in [0.29, 0.717) is 6.61 Å². The number of ether oxygens (including phenoxy) is 2. The first kappa shape index (κ1) is 17.7. The Labute approximate surface area is 148 Å². The summed E-state index contributed by atoms with van der Waals surface area (Å²) in [6, 6.07) is 12.1. The van der Waals surface area contributed by atoms with Crippen molar-refractivity contribution < 1.29 is 9.47 Å². The Kier molecular flexibility index (Phi) is 6.22. The number of benzene rings is 2. The molecule has 0 radical (unpaired) electrons. The highest BCUT2D eigenvalue weighted by Crippen LogP contribution is 2.27. The van der Waals surface area contributed by atoms with E-state index in [1.54, 1.807) is 6.21 Å². The van der Waals surface area contributed by atoms with E-state index in [2.05, 4.69) is 34.2 Å². The zero-order valence-electron chi connectivity index (χ0n) is 14.7. The van der Waals surface area contributed by atoms with Crippen molar-refractivity contribution in [3.8, 4) is 5.75 Å². The molecule has 6 nitrogen and oxygen atoms in total. The maximum absolute atomic E-state index is 6.10. The smallest absolute Gasteiger partial charge is 0.127 e. The highest BCUT2D eigenvalue weighted by atomic mass is 16.5. The van der Waals surface area contributed by atoms with Crippen molar-refractivity contribution >= 4 is 17.0 Å².